The predicted octanol–water partition coefficient (Wildman–Crippen LogP) is 4.12. The molecule has 1 heterocycles. The number of nitrogens with one attached hydrogen (secondary N) is 1. The molecule has 32 heavy (non-hydrogen) atoms. The van der Waals surface area contributed by atoms with Crippen molar-refractivity contribution in [1.82, 2.24) is 10.2 Å². The van der Waals surface area contributed by atoms with Gasteiger partial charge in [-0.25, -0.2) is 0 Å². The van der Waals surface area contributed by atoms with E-state index in [0.29, 0.717) is 54.9 Å². The smallest absolute Gasteiger partial charge is 0.322 e. The van der Waals surface area contributed by atoms with Gasteiger partial charge in [-0.2, -0.15) is 0 Å². The fourth-order valence-electron chi connectivity index (χ4n) is 2.98. The van der Waals surface area contributed by atoms with Crippen molar-refractivity contribution >= 4 is 11.9 Å². The normalized spacial score (nSPS) is 10.5. The Kier molecular flexibility index (Phi) is 7.91. The molecule has 0 radical (unpaired) electrons. The van der Waals surface area contributed by atoms with E-state index in [0.717, 1.165) is 11.3 Å². The average molecular weight is 441 g/mol. The summed E-state index contributed by atoms with van der Waals surface area (Å²) in [5.41, 5.74) is 1.29. The van der Waals surface area contributed by atoms with Gasteiger partial charge in [0, 0.05) is 5.56 Å². The molecule has 0 unspecified atom stereocenters. The van der Waals surface area contributed by atoms with Crippen LogP contribution in [0.4, 0.5) is 6.01 Å². The highest BCUT2D eigenvalue weighted by Gasteiger charge is 2.20. The minimum absolute atomic E-state index is 0.00307. The van der Waals surface area contributed by atoms with Crippen LogP contribution >= 0.6 is 0 Å². The second kappa shape index (κ2) is 11.0. The lowest BCUT2D eigenvalue weighted by Gasteiger charge is -2.16. The number of amides is 1. The molecule has 0 saturated carbocycles. The number of carbonyl (C=O) groups excluding carboxylic acids is 1. The van der Waals surface area contributed by atoms with Crippen molar-refractivity contribution < 1.29 is 28.2 Å². The van der Waals surface area contributed by atoms with Gasteiger partial charge in [-0.3, -0.25) is 10.1 Å². The van der Waals surface area contributed by atoms with Crippen LogP contribution in [0, 0.1) is 0 Å². The van der Waals surface area contributed by atoms with Crippen LogP contribution in [0.15, 0.2) is 40.8 Å². The fraction of sp³-hybridized carbons (Fsp3) is 0.348. The number of nitrogens with zero attached hydrogens (tertiary/aromatic N) is 2. The monoisotopic (exact) mass is 441 g/mol. The van der Waals surface area contributed by atoms with Gasteiger partial charge in [0.2, 0.25) is 11.6 Å². The molecule has 0 bridgehead atoms. The summed E-state index contributed by atoms with van der Waals surface area (Å²) in [5.74, 6) is 2.02. The molecule has 0 aliphatic heterocycles. The molecule has 0 saturated heterocycles. The van der Waals surface area contributed by atoms with Crippen LogP contribution in [0.1, 0.15) is 42.6 Å². The van der Waals surface area contributed by atoms with Crippen molar-refractivity contribution in [2.45, 2.75) is 27.2 Å². The molecule has 0 aliphatic carbocycles. The lowest BCUT2D eigenvalue weighted by molar-refractivity contribution is 0.102. The molecule has 9 heteroatoms. The third kappa shape index (κ3) is 5.69. The predicted molar refractivity (Wildman–Crippen MR) is 118 cm³/mol. The summed E-state index contributed by atoms with van der Waals surface area (Å²) in [6.45, 7) is 6.83. The molecule has 1 N–H and O–H groups in total. The summed E-state index contributed by atoms with van der Waals surface area (Å²) in [5, 5.41) is 10.5. The highest BCUT2D eigenvalue weighted by molar-refractivity contribution is 6.04. The molecule has 9 nitrogen and oxygen atoms in total. The number of hydrogen-bond donors (Lipinski definition) is 1. The fourth-order valence-corrected chi connectivity index (χ4v) is 2.98. The topological polar surface area (TPSA) is 105 Å². The second-order valence-electron chi connectivity index (χ2n) is 6.58. The van der Waals surface area contributed by atoms with E-state index in [-0.39, 0.29) is 6.01 Å². The van der Waals surface area contributed by atoms with E-state index in [1.54, 1.807) is 19.2 Å². The highest BCUT2D eigenvalue weighted by Crippen LogP contribution is 2.39. The van der Waals surface area contributed by atoms with E-state index in [4.69, 9.17) is 23.4 Å². The maximum absolute atomic E-state index is 12.8. The highest BCUT2D eigenvalue weighted by atomic mass is 16.5. The van der Waals surface area contributed by atoms with Crippen molar-refractivity contribution in [3.05, 3.63) is 53.4 Å². The third-order valence-corrected chi connectivity index (χ3v) is 4.37. The van der Waals surface area contributed by atoms with E-state index in [1.807, 2.05) is 45.0 Å². The molecule has 2 aromatic carbocycles. The summed E-state index contributed by atoms with van der Waals surface area (Å²) in [4.78, 5) is 12.8. The number of anilines is 1. The molecule has 0 atom stereocenters. The summed E-state index contributed by atoms with van der Waals surface area (Å²) >= 11 is 0. The van der Waals surface area contributed by atoms with Gasteiger partial charge in [0.05, 0.1) is 33.4 Å². The van der Waals surface area contributed by atoms with Crippen molar-refractivity contribution in [3.8, 4) is 23.0 Å². The zero-order valence-corrected chi connectivity index (χ0v) is 18.6. The molecule has 3 rings (SSSR count). The molecule has 0 aliphatic rings. The number of methoxy groups -OCH3 is 1. The second-order valence-corrected chi connectivity index (χ2v) is 6.58. The van der Waals surface area contributed by atoms with E-state index in [9.17, 15) is 4.79 Å². The first-order valence-electron chi connectivity index (χ1n) is 10.4. The average Bonchev–Trinajstić information content (AvgIpc) is 3.23. The zero-order chi connectivity index (χ0) is 22.9. The number of hydrogen-bond acceptors (Lipinski definition) is 8. The summed E-state index contributed by atoms with van der Waals surface area (Å²) in [7, 11) is 1.61. The first-order valence-corrected chi connectivity index (χ1v) is 10.4. The van der Waals surface area contributed by atoms with Gasteiger partial charge in [0.25, 0.3) is 5.91 Å². The van der Waals surface area contributed by atoms with Crippen molar-refractivity contribution in [2.75, 3.05) is 32.2 Å². The van der Waals surface area contributed by atoms with Gasteiger partial charge in [-0.1, -0.05) is 17.2 Å². The molecule has 1 amide bonds. The minimum atomic E-state index is -0.436. The zero-order valence-electron chi connectivity index (χ0n) is 18.6. The standard InChI is InChI=1S/C23H27N3O6/c1-5-29-18-13-16(14-19(30-6-2)21(18)31-7-3)22(27)24-23-26-25-20(32-23)12-15-8-10-17(28-4)11-9-15/h8-11,13-14H,5-7,12H2,1-4H3,(H,24,26,27). The quantitative estimate of drug-likeness (QED) is 0.474. The van der Waals surface area contributed by atoms with Gasteiger partial charge in [-0.15, -0.1) is 5.10 Å². The molecule has 3 aromatic rings. The minimum Gasteiger partial charge on any atom is -0.497 e. The van der Waals surface area contributed by atoms with Crippen molar-refractivity contribution in [3.63, 3.8) is 0 Å². The number of benzene rings is 2. The Bertz CT molecular complexity index is 1010. The number of aromatic nitrogens is 2. The van der Waals surface area contributed by atoms with Crippen LogP contribution < -0.4 is 24.3 Å². The van der Waals surface area contributed by atoms with Crippen LogP contribution in [-0.4, -0.2) is 43.0 Å². The molecule has 0 fully saturated rings. The number of carbonyl (C=O) groups is 1. The third-order valence-electron chi connectivity index (χ3n) is 4.37. The summed E-state index contributed by atoms with van der Waals surface area (Å²) < 4.78 is 27.7. The van der Waals surface area contributed by atoms with E-state index in [1.165, 1.54) is 0 Å². The Morgan fingerprint density at radius 3 is 2.12 bits per heavy atom. The Labute approximate surface area is 186 Å². The molecular formula is C23H27N3O6. The lowest BCUT2D eigenvalue weighted by atomic mass is 10.1. The first kappa shape index (κ1) is 22.9. The Morgan fingerprint density at radius 2 is 1.56 bits per heavy atom. The van der Waals surface area contributed by atoms with Crippen molar-refractivity contribution in [2.24, 2.45) is 0 Å². The molecular weight excluding hydrogens is 414 g/mol. The SMILES string of the molecule is CCOc1cc(C(=O)Nc2nnc(Cc3ccc(OC)cc3)o2)cc(OCC)c1OCC. The van der Waals surface area contributed by atoms with E-state index >= 15 is 0 Å². The summed E-state index contributed by atoms with van der Waals surface area (Å²) in [6.07, 6.45) is 0.429. The van der Waals surface area contributed by atoms with Crippen LogP contribution in [0.2, 0.25) is 0 Å². The van der Waals surface area contributed by atoms with Gasteiger partial charge in [-0.05, 0) is 50.6 Å². The number of rotatable bonds is 11. The maximum atomic E-state index is 12.8. The first-order chi connectivity index (χ1) is 15.6. The summed E-state index contributed by atoms with van der Waals surface area (Å²) in [6, 6.07) is 10.7. The molecule has 170 valence electrons. The Balaban J connectivity index is 1.76. The van der Waals surface area contributed by atoms with Crippen molar-refractivity contribution in [1.29, 1.82) is 0 Å². The Morgan fingerprint density at radius 1 is 0.938 bits per heavy atom. The van der Waals surface area contributed by atoms with Gasteiger partial charge >= 0.3 is 6.01 Å². The maximum Gasteiger partial charge on any atom is 0.322 e. The Hall–Kier alpha value is -3.75. The van der Waals surface area contributed by atoms with Gasteiger partial charge in [0.1, 0.15) is 5.75 Å². The van der Waals surface area contributed by atoms with Crippen LogP contribution in [0.25, 0.3) is 0 Å². The van der Waals surface area contributed by atoms with E-state index in [2.05, 4.69) is 15.5 Å². The van der Waals surface area contributed by atoms with E-state index < -0.39 is 5.91 Å². The van der Waals surface area contributed by atoms with Gasteiger partial charge in [0.15, 0.2) is 11.5 Å². The number of ether oxygens (including phenoxy) is 4. The van der Waals surface area contributed by atoms with Gasteiger partial charge < -0.3 is 23.4 Å². The van der Waals surface area contributed by atoms with Crippen LogP contribution in [-0.2, 0) is 6.42 Å². The molecule has 1 aromatic heterocycles. The van der Waals surface area contributed by atoms with Crippen LogP contribution in [0.5, 0.6) is 23.0 Å². The molecule has 0 spiro atoms. The lowest BCUT2D eigenvalue weighted by Crippen LogP contribution is -2.13. The largest absolute Gasteiger partial charge is 0.497 e. The van der Waals surface area contributed by atoms with Crippen LogP contribution in [0.3, 0.4) is 0 Å².